The summed E-state index contributed by atoms with van der Waals surface area (Å²) in [6.07, 6.45) is 27.2. The van der Waals surface area contributed by atoms with Crippen molar-refractivity contribution in [3.63, 3.8) is 0 Å². The Morgan fingerprint density at radius 2 is 0.765 bits per heavy atom. The van der Waals surface area contributed by atoms with E-state index in [4.69, 9.17) is 62.6 Å². The Labute approximate surface area is 788 Å². The number of nitrogens with two attached hydrogens (primary N) is 2. The molecule has 0 aliphatic carbocycles. The van der Waals surface area contributed by atoms with Crippen molar-refractivity contribution in [3.8, 4) is 141 Å². The SMILES string of the molecule is COc1ccnc2ccc(-c3cccnc3-c3cc(Cl)c(F)cc3F)cc12.Cc1cc(-c2ncccc2-c2ccc3nccc(C(N)=O)c3c2)ccc1F.Fc1ccc(-c2ncccc2-c2ccc3ncc(-c4ncc[nH]4)n3c2)cc1Cl.Fc1ccc(-c2ncccc2-c2ccc3ncc(-c4ncn[nH]4)n3c2)cc1Cl.NC(=O)c1cnc2ccc(-c3cccnc3-c3ccc(F)c(Cl)c3)cn12. The highest BCUT2D eigenvalue weighted by atomic mass is 35.5. The molecule has 136 heavy (non-hydrogen) atoms. The van der Waals surface area contributed by atoms with Crippen molar-refractivity contribution >= 4 is 97.0 Å². The number of amides is 2. The summed E-state index contributed by atoms with van der Waals surface area (Å²) in [5.41, 5.74) is 32.4. The normalized spacial score (nSPS) is 11.1. The van der Waals surface area contributed by atoms with Crippen molar-refractivity contribution in [1.29, 1.82) is 0 Å². The van der Waals surface area contributed by atoms with E-state index in [0.717, 1.165) is 124 Å². The lowest BCUT2D eigenvalue weighted by molar-refractivity contribution is 0.0989. The minimum absolute atomic E-state index is 0.0279. The third-order valence-electron chi connectivity index (χ3n) is 22.0. The molecule has 0 spiro atoms. The maximum Gasteiger partial charge on any atom is 0.267 e. The van der Waals surface area contributed by atoms with Crippen LogP contribution in [0, 0.1) is 41.8 Å². The number of aromatic amines is 2. The molecule has 2 amide bonds. The molecule has 15 heterocycles. The van der Waals surface area contributed by atoms with Crippen LogP contribution < -0.4 is 16.2 Å². The second-order valence-electron chi connectivity index (χ2n) is 30.3. The number of aryl methyl sites for hydroxylation is 1. The summed E-state index contributed by atoms with van der Waals surface area (Å²) in [7, 11) is 1.59. The highest BCUT2D eigenvalue weighted by molar-refractivity contribution is 6.32. The molecular formula is C103H66Cl4F6N20O3. The zero-order valence-electron chi connectivity index (χ0n) is 71.0. The summed E-state index contributed by atoms with van der Waals surface area (Å²) in [5.74, 6) is -2.20. The van der Waals surface area contributed by atoms with Crippen LogP contribution in [-0.4, -0.2) is 107 Å². The number of primary amides is 2. The van der Waals surface area contributed by atoms with Crippen LogP contribution in [0.3, 0.4) is 0 Å². The molecule has 0 saturated carbocycles. The Hall–Kier alpha value is -17.0. The van der Waals surface area contributed by atoms with Crippen molar-refractivity contribution in [2.45, 2.75) is 6.92 Å². The van der Waals surface area contributed by atoms with Crippen LogP contribution in [0.25, 0.3) is 174 Å². The molecular weight excluding hydrogens is 1820 g/mol. The average Bonchev–Trinajstić information content (AvgIpc) is 1.40. The molecule has 7 aromatic carbocycles. The fourth-order valence-electron chi connectivity index (χ4n) is 15.4. The number of imidazole rings is 4. The van der Waals surface area contributed by atoms with Gasteiger partial charge in [0.05, 0.1) is 90.9 Å². The molecule has 0 atom stereocenters. The molecule has 15 aromatic heterocycles. The number of aromatic nitrogens is 18. The number of rotatable bonds is 15. The molecule has 0 radical (unpaired) electrons. The minimum atomic E-state index is -0.808. The molecule has 23 nitrogen and oxygen atoms in total. The lowest BCUT2D eigenvalue weighted by Crippen LogP contribution is -2.13. The van der Waals surface area contributed by atoms with Gasteiger partial charge in [-0.3, -0.25) is 62.8 Å². The fraction of sp³-hybridized carbons (Fsp3) is 0.0194. The average molecular weight is 1890 g/mol. The number of nitrogens with zero attached hydrogens (tertiary/aromatic N) is 16. The summed E-state index contributed by atoms with van der Waals surface area (Å²) < 4.78 is 93.2. The number of benzene rings is 7. The van der Waals surface area contributed by atoms with Crippen LogP contribution in [0.15, 0.2) is 330 Å². The molecule has 0 aliphatic rings. The molecule has 0 aliphatic heterocycles. The van der Waals surface area contributed by atoms with Crippen molar-refractivity contribution in [2.24, 2.45) is 11.5 Å². The molecule has 0 unspecified atom stereocenters. The van der Waals surface area contributed by atoms with Gasteiger partial charge in [-0.15, -0.1) is 0 Å². The van der Waals surface area contributed by atoms with Gasteiger partial charge in [-0.25, -0.2) is 51.3 Å². The maximum absolute atomic E-state index is 14.4. The van der Waals surface area contributed by atoms with E-state index in [9.17, 15) is 35.9 Å². The number of hydrogen-bond donors (Lipinski definition) is 4. The zero-order chi connectivity index (χ0) is 94.4. The van der Waals surface area contributed by atoms with Gasteiger partial charge in [0.1, 0.15) is 81.0 Å². The van der Waals surface area contributed by atoms with Crippen LogP contribution in [0.2, 0.25) is 20.1 Å². The van der Waals surface area contributed by atoms with Gasteiger partial charge in [0.2, 0.25) is 5.91 Å². The number of pyridine rings is 10. The number of H-pyrrole nitrogens is 2. The molecule has 6 N–H and O–H groups in total. The number of methoxy groups -OCH3 is 1. The third kappa shape index (κ3) is 18.7. The van der Waals surface area contributed by atoms with E-state index >= 15 is 0 Å². The molecule has 0 bridgehead atoms. The Kier molecular flexibility index (Phi) is 25.8. The highest BCUT2D eigenvalue weighted by Crippen LogP contribution is 2.42. The van der Waals surface area contributed by atoms with Crippen molar-refractivity contribution in [1.82, 2.24) is 88.2 Å². The van der Waals surface area contributed by atoms with Gasteiger partial charge in [0.25, 0.3) is 5.91 Å². The first-order chi connectivity index (χ1) is 66.1. The summed E-state index contributed by atoms with van der Waals surface area (Å²) in [6, 6.07) is 65.5. The van der Waals surface area contributed by atoms with Gasteiger partial charge in [-0.1, -0.05) is 88.9 Å². The van der Waals surface area contributed by atoms with Crippen molar-refractivity contribution in [2.75, 3.05) is 7.11 Å². The van der Waals surface area contributed by atoms with E-state index in [1.54, 1.807) is 166 Å². The summed E-state index contributed by atoms with van der Waals surface area (Å²) in [4.78, 5) is 78.9. The largest absolute Gasteiger partial charge is 0.496 e. The van der Waals surface area contributed by atoms with Crippen molar-refractivity contribution in [3.05, 3.63) is 402 Å². The smallest absolute Gasteiger partial charge is 0.267 e. The summed E-state index contributed by atoms with van der Waals surface area (Å²) in [6.45, 7) is 1.72. The van der Waals surface area contributed by atoms with Gasteiger partial charge in [0.15, 0.2) is 11.6 Å². The van der Waals surface area contributed by atoms with Gasteiger partial charge in [-0.2, -0.15) is 5.10 Å². The number of fused-ring (bicyclic) bond motifs is 5. The van der Waals surface area contributed by atoms with E-state index in [2.05, 4.69) is 75.0 Å². The Morgan fingerprint density at radius 3 is 1.23 bits per heavy atom. The monoisotopic (exact) mass is 1880 g/mol. The van der Waals surface area contributed by atoms with Crippen LogP contribution >= 0.6 is 46.4 Å². The maximum atomic E-state index is 14.4. The topological polar surface area (TPSA) is 308 Å². The number of carbonyl (C=O) groups is 2. The first kappa shape index (κ1) is 89.6. The number of ether oxygens (including phenoxy) is 1. The van der Waals surface area contributed by atoms with E-state index in [1.807, 2.05) is 136 Å². The molecule has 22 rings (SSSR count). The number of hydrogen-bond acceptors (Lipinski definition) is 16. The van der Waals surface area contributed by atoms with Crippen LogP contribution in [-0.2, 0) is 0 Å². The van der Waals surface area contributed by atoms with Crippen molar-refractivity contribution < 1.29 is 40.7 Å². The Bertz CT molecular complexity index is 8130. The van der Waals surface area contributed by atoms with Crippen LogP contribution in [0.5, 0.6) is 5.75 Å². The lowest BCUT2D eigenvalue weighted by atomic mass is 9.96. The molecule has 0 fully saturated rings. The second-order valence-corrected chi connectivity index (χ2v) is 31.9. The summed E-state index contributed by atoms with van der Waals surface area (Å²) >= 11 is 23.7. The fourth-order valence-corrected chi connectivity index (χ4v) is 16.1. The van der Waals surface area contributed by atoms with E-state index in [1.165, 1.54) is 48.9 Å². The predicted molar refractivity (Wildman–Crippen MR) is 513 cm³/mol. The van der Waals surface area contributed by atoms with Gasteiger partial charge < -0.3 is 21.2 Å². The molecule has 0 saturated heterocycles. The molecule has 666 valence electrons. The standard InChI is InChI=1S/C22H16FN3O.C21H13ClF2N2O.C21H13ClFN5.C20H12ClFN6.C19H12ClFN4O/c1-13-11-15(4-6-19(13)23)21-16(3-2-9-26-21)14-5-7-20-18(12-14)17(22(24)27)8-10-25-20;1-27-20-6-8-25-19-5-4-12(9-15(19)20)13-3-2-7-26-21(13)14-10-16(22)18(24)11-17(14)23;22-16-10-13(3-5-17(16)23)20-15(2-1-7-24-20)14-4-6-19-27-11-18(28(19)12-14)21-25-8-9-26-21;21-15-8-12(3-5-16(15)22)19-14(2-1-7-23-19)13-4-6-18-24-9-17(28(18)10-13)20-25-11-26-27-20;20-14-8-11(3-5-15(14)21)18-13(2-1-7-23-18)12-4-6-17-24-9-16(19(22)26)25(17)10-12/h2-12H,1H3,(H2,24,27);2-11H,1H3;1-12H,(H,25,26);1-11H,(H,25,26,27);1-10H,(H2,22,26). The Balaban J connectivity index is 0.000000113. The van der Waals surface area contributed by atoms with Gasteiger partial charge in [-0.05, 0) is 206 Å². The van der Waals surface area contributed by atoms with E-state index in [-0.39, 0.29) is 37.2 Å². The Morgan fingerprint density at radius 1 is 0.346 bits per heavy atom. The van der Waals surface area contributed by atoms with Crippen LogP contribution in [0.4, 0.5) is 26.3 Å². The lowest BCUT2D eigenvalue weighted by Gasteiger charge is -2.12. The third-order valence-corrected chi connectivity index (χ3v) is 23.1. The number of halogens is 10. The minimum Gasteiger partial charge on any atom is -0.496 e. The number of nitrogens with one attached hydrogen (secondary N) is 2. The summed E-state index contributed by atoms with van der Waals surface area (Å²) in [5, 5.41) is 8.27. The van der Waals surface area contributed by atoms with Gasteiger partial charge >= 0.3 is 0 Å². The van der Waals surface area contributed by atoms with E-state index in [0.29, 0.717) is 67.5 Å². The quantitative estimate of drug-likeness (QED) is 0.0547. The molecule has 22 aromatic rings. The van der Waals surface area contributed by atoms with Gasteiger partial charge in [0, 0.05) is 164 Å². The predicted octanol–water partition coefficient (Wildman–Crippen LogP) is 24.3. The first-order valence-corrected chi connectivity index (χ1v) is 42.8. The number of carbonyl (C=O) groups excluding carboxylic acids is 2. The second kappa shape index (κ2) is 39.2. The highest BCUT2D eigenvalue weighted by Gasteiger charge is 2.23. The van der Waals surface area contributed by atoms with E-state index < -0.39 is 40.9 Å². The molecule has 33 heteroatoms. The zero-order valence-corrected chi connectivity index (χ0v) is 74.0. The van der Waals surface area contributed by atoms with Crippen LogP contribution in [0.1, 0.15) is 26.4 Å². The first-order valence-electron chi connectivity index (χ1n) is 41.3.